The van der Waals surface area contributed by atoms with Gasteiger partial charge in [-0.1, -0.05) is 12.1 Å². The van der Waals surface area contributed by atoms with Crippen molar-refractivity contribution in [1.82, 2.24) is 5.32 Å². The molecule has 1 N–H and O–H groups in total. The van der Waals surface area contributed by atoms with Crippen LogP contribution in [0.5, 0.6) is 23.0 Å². The number of para-hydroxylation sites is 2. The lowest BCUT2D eigenvalue weighted by atomic mass is 10.2. The predicted molar refractivity (Wildman–Crippen MR) is 102 cm³/mol. The number of hydrogen-bond donors (Lipinski definition) is 1. The fourth-order valence-corrected chi connectivity index (χ4v) is 2.70. The zero-order chi connectivity index (χ0) is 18.9. The molecule has 0 spiro atoms. The van der Waals surface area contributed by atoms with Gasteiger partial charge in [-0.15, -0.1) is 0 Å². The van der Waals surface area contributed by atoms with E-state index in [1.807, 2.05) is 55.5 Å². The van der Waals surface area contributed by atoms with Crippen LogP contribution in [0.2, 0.25) is 0 Å². The van der Waals surface area contributed by atoms with Crippen molar-refractivity contribution in [3.8, 4) is 23.0 Å². The summed E-state index contributed by atoms with van der Waals surface area (Å²) >= 11 is 0. The van der Waals surface area contributed by atoms with Gasteiger partial charge in [0.05, 0.1) is 19.8 Å². The highest BCUT2D eigenvalue weighted by molar-refractivity contribution is 5.75. The first-order valence-electron chi connectivity index (χ1n) is 9.25. The SMILES string of the molecule is CCOc1ccc(OCCCC(=O)NC[C@H]2COc3ccccc3O2)cc1. The van der Waals surface area contributed by atoms with Gasteiger partial charge in [-0.25, -0.2) is 0 Å². The summed E-state index contributed by atoms with van der Waals surface area (Å²) in [6.07, 6.45) is 0.870. The summed E-state index contributed by atoms with van der Waals surface area (Å²) in [4.78, 5) is 12.0. The highest BCUT2D eigenvalue weighted by Crippen LogP contribution is 2.30. The van der Waals surface area contributed by atoms with Crippen LogP contribution in [0, 0.1) is 0 Å². The van der Waals surface area contributed by atoms with Crippen LogP contribution in [0.15, 0.2) is 48.5 Å². The Hall–Kier alpha value is -2.89. The highest BCUT2D eigenvalue weighted by atomic mass is 16.6. The summed E-state index contributed by atoms with van der Waals surface area (Å²) in [7, 11) is 0. The van der Waals surface area contributed by atoms with Crippen LogP contribution in [0.25, 0.3) is 0 Å². The van der Waals surface area contributed by atoms with E-state index in [0.717, 1.165) is 17.2 Å². The lowest BCUT2D eigenvalue weighted by Gasteiger charge is -2.26. The third-order valence-corrected chi connectivity index (χ3v) is 4.05. The van der Waals surface area contributed by atoms with Crippen molar-refractivity contribution in [2.75, 3.05) is 26.4 Å². The topological polar surface area (TPSA) is 66.0 Å². The summed E-state index contributed by atoms with van der Waals surface area (Å²) in [5.41, 5.74) is 0. The fourth-order valence-electron chi connectivity index (χ4n) is 2.70. The molecule has 144 valence electrons. The number of nitrogens with one attached hydrogen (secondary N) is 1. The van der Waals surface area contributed by atoms with Gasteiger partial charge in [-0.2, -0.15) is 0 Å². The fraction of sp³-hybridized carbons (Fsp3) is 0.381. The maximum Gasteiger partial charge on any atom is 0.220 e. The molecule has 0 aliphatic carbocycles. The minimum Gasteiger partial charge on any atom is -0.494 e. The first-order chi connectivity index (χ1) is 13.2. The van der Waals surface area contributed by atoms with Crippen LogP contribution in [-0.2, 0) is 4.79 Å². The molecule has 6 heteroatoms. The zero-order valence-corrected chi connectivity index (χ0v) is 15.5. The lowest BCUT2D eigenvalue weighted by molar-refractivity contribution is -0.121. The van der Waals surface area contributed by atoms with E-state index in [1.165, 1.54) is 0 Å². The number of fused-ring (bicyclic) bond motifs is 1. The molecule has 2 aromatic rings. The number of ether oxygens (including phenoxy) is 4. The van der Waals surface area contributed by atoms with Gasteiger partial charge in [0.2, 0.25) is 5.91 Å². The van der Waals surface area contributed by atoms with E-state index in [2.05, 4.69) is 5.32 Å². The van der Waals surface area contributed by atoms with Crippen molar-refractivity contribution in [2.45, 2.75) is 25.9 Å². The molecule has 1 atom stereocenters. The van der Waals surface area contributed by atoms with E-state index in [4.69, 9.17) is 18.9 Å². The summed E-state index contributed by atoms with van der Waals surface area (Å²) in [6, 6.07) is 15.0. The average Bonchev–Trinajstić information content (AvgIpc) is 2.71. The maximum absolute atomic E-state index is 12.0. The van der Waals surface area contributed by atoms with Crippen LogP contribution in [0.3, 0.4) is 0 Å². The third kappa shape index (κ3) is 5.81. The van der Waals surface area contributed by atoms with Gasteiger partial charge in [0.1, 0.15) is 24.2 Å². The third-order valence-electron chi connectivity index (χ3n) is 4.05. The van der Waals surface area contributed by atoms with Crippen molar-refractivity contribution in [3.63, 3.8) is 0 Å². The van der Waals surface area contributed by atoms with E-state index in [1.54, 1.807) is 0 Å². The van der Waals surface area contributed by atoms with E-state index >= 15 is 0 Å². The molecule has 0 fully saturated rings. The van der Waals surface area contributed by atoms with Crippen molar-refractivity contribution < 1.29 is 23.7 Å². The van der Waals surface area contributed by atoms with Crippen LogP contribution < -0.4 is 24.3 Å². The lowest BCUT2D eigenvalue weighted by Crippen LogP contribution is -2.40. The number of carbonyl (C=O) groups is 1. The molecule has 1 aliphatic rings. The highest BCUT2D eigenvalue weighted by Gasteiger charge is 2.20. The molecule has 6 nitrogen and oxygen atoms in total. The summed E-state index contributed by atoms with van der Waals surface area (Å²) in [6.45, 7) is 3.92. The Bertz CT molecular complexity index is 732. The number of amides is 1. The number of benzene rings is 2. The van der Waals surface area contributed by atoms with Crippen molar-refractivity contribution in [1.29, 1.82) is 0 Å². The van der Waals surface area contributed by atoms with Gasteiger partial charge in [0, 0.05) is 6.42 Å². The molecule has 1 amide bonds. The predicted octanol–water partition coefficient (Wildman–Crippen LogP) is 3.20. The van der Waals surface area contributed by atoms with E-state index < -0.39 is 0 Å². The Morgan fingerprint density at radius 3 is 2.52 bits per heavy atom. The van der Waals surface area contributed by atoms with Gasteiger partial charge in [0.25, 0.3) is 0 Å². The standard InChI is InChI=1S/C21H25NO5/c1-2-24-16-9-11-17(12-10-16)25-13-5-8-21(23)22-14-18-15-26-19-6-3-4-7-20(19)27-18/h3-4,6-7,9-12,18H,2,5,8,13-15H2,1H3,(H,22,23)/t18-/m0/s1. The molecule has 0 aromatic heterocycles. The van der Waals surface area contributed by atoms with Crippen molar-refractivity contribution in [2.24, 2.45) is 0 Å². The molecule has 27 heavy (non-hydrogen) atoms. The van der Waals surface area contributed by atoms with Gasteiger partial charge in [-0.3, -0.25) is 4.79 Å². The Balaban J connectivity index is 1.30. The maximum atomic E-state index is 12.0. The summed E-state index contributed by atoms with van der Waals surface area (Å²) in [5, 5.41) is 2.89. The second-order valence-electron chi connectivity index (χ2n) is 6.16. The quantitative estimate of drug-likeness (QED) is 0.686. The molecule has 1 aliphatic heterocycles. The van der Waals surface area contributed by atoms with Crippen LogP contribution in [0.4, 0.5) is 0 Å². The Labute approximate surface area is 159 Å². The molecule has 0 bridgehead atoms. The number of rotatable bonds is 9. The molecule has 3 rings (SSSR count). The van der Waals surface area contributed by atoms with E-state index in [-0.39, 0.29) is 12.0 Å². The largest absolute Gasteiger partial charge is 0.494 e. The monoisotopic (exact) mass is 371 g/mol. The molecule has 2 aromatic carbocycles. The second kappa shape index (κ2) is 9.71. The van der Waals surface area contributed by atoms with Gasteiger partial charge >= 0.3 is 0 Å². The van der Waals surface area contributed by atoms with Gasteiger partial charge in [0.15, 0.2) is 11.5 Å². The van der Waals surface area contributed by atoms with Crippen molar-refractivity contribution >= 4 is 5.91 Å². The number of carbonyl (C=O) groups excluding carboxylic acids is 1. The molecule has 0 saturated carbocycles. The Morgan fingerprint density at radius 2 is 1.78 bits per heavy atom. The van der Waals surface area contributed by atoms with Crippen LogP contribution >= 0.6 is 0 Å². The average molecular weight is 371 g/mol. The van der Waals surface area contributed by atoms with Crippen molar-refractivity contribution in [3.05, 3.63) is 48.5 Å². The molecule has 0 radical (unpaired) electrons. The van der Waals surface area contributed by atoms with Gasteiger partial charge < -0.3 is 24.3 Å². The summed E-state index contributed by atoms with van der Waals surface area (Å²) in [5.74, 6) is 3.03. The summed E-state index contributed by atoms with van der Waals surface area (Å²) < 4.78 is 22.5. The van der Waals surface area contributed by atoms with Gasteiger partial charge in [-0.05, 0) is 49.7 Å². The molecule has 0 saturated heterocycles. The first kappa shape index (κ1) is 18.9. The van der Waals surface area contributed by atoms with E-state index in [9.17, 15) is 4.79 Å². The second-order valence-corrected chi connectivity index (χ2v) is 6.16. The molecular formula is C21H25NO5. The normalized spacial score (nSPS) is 15.1. The number of hydrogen-bond acceptors (Lipinski definition) is 5. The molecule has 1 heterocycles. The smallest absolute Gasteiger partial charge is 0.220 e. The van der Waals surface area contributed by atoms with Crippen LogP contribution in [-0.4, -0.2) is 38.4 Å². The Kier molecular flexibility index (Phi) is 6.79. The first-order valence-corrected chi connectivity index (χ1v) is 9.25. The molecular weight excluding hydrogens is 346 g/mol. The molecule has 0 unspecified atom stereocenters. The minimum atomic E-state index is -0.177. The zero-order valence-electron chi connectivity index (χ0n) is 15.5. The minimum absolute atomic E-state index is 0.0206. The van der Waals surface area contributed by atoms with E-state index in [0.29, 0.717) is 45.0 Å². The van der Waals surface area contributed by atoms with Crippen LogP contribution in [0.1, 0.15) is 19.8 Å². The Morgan fingerprint density at radius 1 is 1.07 bits per heavy atom.